The zero-order valence-electron chi connectivity index (χ0n) is 11.5. The Kier molecular flexibility index (Phi) is 4.42. The molecule has 0 bridgehead atoms. The van der Waals surface area contributed by atoms with E-state index in [1.54, 1.807) is 24.3 Å². The minimum absolute atomic E-state index is 0.168. The number of aliphatic imine (C=N–C) groups is 1. The van der Waals surface area contributed by atoms with Crippen LogP contribution in [0.2, 0.25) is 0 Å². The third-order valence-electron chi connectivity index (χ3n) is 2.85. The average Bonchev–Trinajstić information content (AvgIpc) is 2.52. The molecule has 2 rings (SSSR count). The second-order valence-corrected chi connectivity index (χ2v) is 4.19. The van der Waals surface area contributed by atoms with Crippen molar-refractivity contribution < 1.29 is 14.6 Å². The Morgan fingerprint density at radius 2 is 1.82 bits per heavy atom. The normalized spacial score (nSPS) is 10.6. The van der Waals surface area contributed by atoms with Gasteiger partial charge in [0.15, 0.2) is 0 Å². The molecule has 22 heavy (non-hydrogen) atoms. The van der Waals surface area contributed by atoms with E-state index in [-0.39, 0.29) is 16.9 Å². The van der Waals surface area contributed by atoms with E-state index in [9.17, 15) is 20.2 Å². The summed E-state index contributed by atoms with van der Waals surface area (Å²) in [5.74, 6) is 0.517. The third-order valence-corrected chi connectivity index (χ3v) is 2.85. The van der Waals surface area contributed by atoms with Gasteiger partial charge in [-0.2, -0.15) is 0 Å². The largest absolute Gasteiger partial charge is 0.494 e. The van der Waals surface area contributed by atoms with Crippen LogP contribution < -0.4 is 4.74 Å². The molecule has 0 unspecified atom stereocenters. The molecule has 0 heterocycles. The Bertz CT molecular complexity index is 758. The quantitative estimate of drug-likeness (QED) is 0.478. The molecule has 0 aliphatic heterocycles. The second kappa shape index (κ2) is 6.44. The Morgan fingerprint density at radius 1 is 1.09 bits per heavy atom. The van der Waals surface area contributed by atoms with Crippen LogP contribution in [0.1, 0.15) is 5.56 Å². The minimum Gasteiger partial charge on any atom is -0.494 e. The molecule has 0 amide bonds. The highest BCUT2D eigenvalue weighted by Gasteiger charge is 2.18. The topological polar surface area (TPSA) is 108 Å². The van der Waals surface area contributed by atoms with Gasteiger partial charge in [0.25, 0.3) is 11.4 Å². The molecule has 0 fully saturated rings. The summed E-state index contributed by atoms with van der Waals surface area (Å²) in [6, 6.07) is 10.3. The summed E-state index contributed by atoms with van der Waals surface area (Å²) in [7, 11) is 1.49. The van der Waals surface area contributed by atoms with Crippen molar-refractivity contribution in [2.24, 2.45) is 4.99 Å². The zero-order valence-corrected chi connectivity index (χ0v) is 11.5. The number of nitro groups is 2. The summed E-state index contributed by atoms with van der Waals surface area (Å²) in [5, 5.41) is 21.7. The molecule has 0 saturated heterocycles. The SMILES string of the molecule is COc1ccccc1N=Cc1ccc([N+](=O)[O-])cc1[N+](=O)[O-]. The monoisotopic (exact) mass is 301 g/mol. The molecule has 8 nitrogen and oxygen atoms in total. The first kappa shape index (κ1) is 15.1. The maximum Gasteiger partial charge on any atom is 0.285 e. The van der Waals surface area contributed by atoms with E-state index in [1.165, 1.54) is 25.5 Å². The third kappa shape index (κ3) is 3.23. The summed E-state index contributed by atoms with van der Waals surface area (Å²) in [4.78, 5) is 24.5. The first-order valence-corrected chi connectivity index (χ1v) is 6.13. The maximum absolute atomic E-state index is 11.0. The van der Waals surface area contributed by atoms with Gasteiger partial charge in [-0.15, -0.1) is 0 Å². The van der Waals surface area contributed by atoms with Crippen LogP contribution >= 0.6 is 0 Å². The van der Waals surface area contributed by atoms with E-state index < -0.39 is 9.85 Å². The lowest BCUT2D eigenvalue weighted by molar-refractivity contribution is -0.394. The lowest BCUT2D eigenvalue weighted by Gasteiger charge is -2.03. The summed E-state index contributed by atoms with van der Waals surface area (Å²) < 4.78 is 5.13. The highest BCUT2D eigenvalue weighted by Crippen LogP contribution is 2.28. The lowest BCUT2D eigenvalue weighted by Crippen LogP contribution is -1.97. The van der Waals surface area contributed by atoms with E-state index in [0.29, 0.717) is 11.4 Å². The van der Waals surface area contributed by atoms with Gasteiger partial charge < -0.3 is 4.74 Å². The van der Waals surface area contributed by atoms with Crippen LogP contribution in [0.3, 0.4) is 0 Å². The van der Waals surface area contributed by atoms with Crippen molar-refractivity contribution >= 4 is 23.3 Å². The predicted molar refractivity (Wildman–Crippen MR) is 80.0 cm³/mol. The van der Waals surface area contributed by atoms with Crippen molar-refractivity contribution in [3.63, 3.8) is 0 Å². The summed E-state index contributed by atoms with van der Waals surface area (Å²) in [5.41, 5.74) is -0.0619. The van der Waals surface area contributed by atoms with E-state index in [0.717, 1.165) is 6.07 Å². The molecule has 8 heteroatoms. The highest BCUT2D eigenvalue weighted by atomic mass is 16.6. The van der Waals surface area contributed by atoms with Gasteiger partial charge >= 0.3 is 0 Å². The van der Waals surface area contributed by atoms with Crippen molar-refractivity contribution in [2.75, 3.05) is 7.11 Å². The van der Waals surface area contributed by atoms with Crippen molar-refractivity contribution in [1.29, 1.82) is 0 Å². The van der Waals surface area contributed by atoms with Crippen LogP contribution in [0, 0.1) is 20.2 Å². The molecule has 0 saturated carbocycles. The molecule has 0 aromatic heterocycles. The minimum atomic E-state index is -0.686. The Hall–Kier alpha value is -3.29. The van der Waals surface area contributed by atoms with Crippen LogP contribution in [0.15, 0.2) is 47.5 Å². The summed E-state index contributed by atoms with van der Waals surface area (Å²) >= 11 is 0. The fourth-order valence-corrected chi connectivity index (χ4v) is 1.79. The van der Waals surface area contributed by atoms with Crippen LogP contribution in [-0.2, 0) is 0 Å². The number of non-ortho nitro benzene ring substituents is 1. The van der Waals surface area contributed by atoms with Crippen LogP contribution in [0.5, 0.6) is 5.75 Å². The number of hydrogen-bond donors (Lipinski definition) is 0. The molecule has 0 spiro atoms. The number of hydrogen-bond acceptors (Lipinski definition) is 6. The molecule has 112 valence electrons. The number of para-hydroxylation sites is 2. The molecule has 0 aliphatic rings. The Balaban J connectivity index is 2.42. The molecule has 0 aliphatic carbocycles. The molecule has 0 radical (unpaired) electrons. The number of ether oxygens (including phenoxy) is 1. The molecular formula is C14H11N3O5. The van der Waals surface area contributed by atoms with Crippen molar-refractivity contribution in [3.05, 3.63) is 68.3 Å². The molecule has 2 aromatic rings. The Morgan fingerprint density at radius 3 is 2.45 bits per heavy atom. The van der Waals surface area contributed by atoms with Crippen molar-refractivity contribution in [3.8, 4) is 5.75 Å². The fraction of sp³-hybridized carbons (Fsp3) is 0.0714. The van der Waals surface area contributed by atoms with Gasteiger partial charge in [0.05, 0.1) is 28.6 Å². The molecule has 0 N–H and O–H groups in total. The van der Waals surface area contributed by atoms with Gasteiger partial charge in [-0.05, 0) is 18.2 Å². The first-order chi connectivity index (χ1) is 10.5. The first-order valence-electron chi connectivity index (χ1n) is 6.13. The summed E-state index contributed by atoms with van der Waals surface area (Å²) in [6.45, 7) is 0. The second-order valence-electron chi connectivity index (χ2n) is 4.19. The van der Waals surface area contributed by atoms with Crippen molar-refractivity contribution in [2.45, 2.75) is 0 Å². The molecule has 2 aromatic carbocycles. The van der Waals surface area contributed by atoms with E-state index in [4.69, 9.17) is 4.74 Å². The number of methoxy groups -OCH3 is 1. The van der Waals surface area contributed by atoms with Gasteiger partial charge in [-0.3, -0.25) is 25.2 Å². The maximum atomic E-state index is 11.0. The van der Waals surface area contributed by atoms with Gasteiger partial charge in [-0.1, -0.05) is 12.1 Å². The standard InChI is InChI=1S/C14H11N3O5/c1-22-14-5-3-2-4-12(14)15-9-10-6-7-11(16(18)19)8-13(10)17(20)21/h2-9H,1H3. The van der Waals surface area contributed by atoms with Crippen LogP contribution in [0.25, 0.3) is 0 Å². The number of nitrogens with zero attached hydrogens (tertiary/aromatic N) is 3. The van der Waals surface area contributed by atoms with Crippen LogP contribution in [-0.4, -0.2) is 23.2 Å². The number of nitro benzene ring substituents is 2. The molecule has 0 atom stereocenters. The lowest BCUT2D eigenvalue weighted by atomic mass is 10.1. The smallest absolute Gasteiger partial charge is 0.285 e. The predicted octanol–water partition coefficient (Wildman–Crippen LogP) is 3.26. The molecular weight excluding hydrogens is 290 g/mol. The van der Waals surface area contributed by atoms with E-state index >= 15 is 0 Å². The van der Waals surface area contributed by atoms with Crippen molar-refractivity contribution in [1.82, 2.24) is 0 Å². The number of benzene rings is 2. The average molecular weight is 301 g/mol. The summed E-state index contributed by atoms with van der Waals surface area (Å²) in [6.07, 6.45) is 1.28. The van der Waals surface area contributed by atoms with E-state index in [1.807, 2.05) is 0 Å². The van der Waals surface area contributed by atoms with E-state index in [2.05, 4.69) is 4.99 Å². The highest BCUT2D eigenvalue weighted by molar-refractivity contribution is 5.88. The van der Waals surface area contributed by atoms with Gasteiger partial charge in [0.1, 0.15) is 11.4 Å². The fourth-order valence-electron chi connectivity index (χ4n) is 1.79. The zero-order chi connectivity index (χ0) is 16.1. The van der Waals surface area contributed by atoms with Gasteiger partial charge in [0, 0.05) is 12.3 Å². The Labute approximate surface area is 125 Å². The van der Waals surface area contributed by atoms with Gasteiger partial charge in [-0.25, -0.2) is 0 Å². The van der Waals surface area contributed by atoms with Crippen LogP contribution in [0.4, 0.5) is 17.1 Å². The van der Waals surface area contributed by atoms with Gasteiger partial charge in [0.2, 0.25) is 0 Å². The number of rotatable bonds is 5.